The van der Waals surface area contributed by atoms with Crippen LogP contribution in [0.4, 0.5) is 21.9 Å². The minimum absolute atomic E-state index is 0.0770. The van der Waals surface area contributed by atoms with Crippen molar-refractivity contribution in [3.8, 4) is 0 Å². The van der Waals surface area contributed by atoms with Crippen LogP contribution in [0.2, 0.25) is 0 Å². The van der Waals surface area contributed by atoms with E-state index in [0.717, 1.165) is 44.0 Å². The Morgan fingerprint density at radius 3 is 1.86 bits per heavy atom. The van der Waals surface area contributed by atoms with E-state index in [-0.39, 0.29) is 6.03 Å². The first kappa shape index (κ1) is 17.8. The number of carbonyl (C=O) groups excluding carboxylic acids is 1. The van der Waals surface area contributed by atoms with Crippen LogP contribution >= 0.6 is 0 Å². The Kier molecular flexibility index (Phi) is 4.47. The number of hydrogen-bond acceptors (Lipinski definition) is 2. The molecule has 2 heterocycles. The maximum absolute atomic E-state index is 13.6. The molecule has 29 heavy (non-hydrogen) atoms. The smallest absolute Gasteiger partial charge is 0.329 e. The van der Waals surface area contributed by atoms with Crippen molar-refractivity contribution in [3.05, 3.63) is 89.5 Å². The molecular formula is C25H25N3O. The molecule has 4 heteroatoms. The molecule has 0 aliphatic carbocycles. The first-order valence-corrected chi connectivity index (χ1v) is 10.3. The molecule has 2 aliphatic rings. The maximum atomic E-state index is 13.6. The van der Waals surface area contributed by atoms with Gasteiger partial charge < -0.3 is 9.80 Å². The van der Waals surface area contributed by atoms with Gasteiger partial charge in [-0.2, -0.15) is 0 Å². The largest absolute Gasteiger partial charge is 0.368 e. The zero-order chi connectivity index (χ0) is 19.8. The van der Waals surface area contributed by atoms with Crippen molar-refractivity contribution >= 4 is 23.1 Å². The number of benzene rings is 3. The Bertz CT molecular complexity index is 990. The van der Waals surface area contributed by atoms with Crippen LogP contribution in [0.25, 0.3) is 0 Å². The van der Waals surface area contributed by atoms with E-state index in [1.165, 1.54) is 22.4 Å². The molecule has 146 valence electrons. The van der Waals surface area contributed by atoms with Gasteiger partial charge in [0.15, 0.2) is 0 Å². The van der Waals surface area contributed by atoms with Crippen molar-refractivity contribution in [1.82, 2.24) is 4.90 Å². The van der Waals surface area contributed by atoms with E-state index in [4.69, 9.17) is 0 Å². The summed E-state index contributed by atoms with van der Waals surface area (Å²) in [6.45, 7) is 5.27. The van der Waals surface area contributed by atoms with Crippen molar-refractivity contribution in [2.24, 2.45) is 0 Å². The summed E-state index contributed by atoms with van der Waals surface area (Å²) in [5.74, 6) is 0. The monoisotopic (exact) mass is 383 g/mol. The van der Waals surface area contributed by atoms with E-state index in [2.05, 4.69) is 72.5 Å². The summed E-state index contributed by atoms with van der Waals surface area (Å²) in [4.78, 5) is 19.9. The summed E-state index contributed by atoms with van der Waals surface area (Å²) in [5.41, 5.74) is 6.94. The molecule has 2 aliphatic heterocycles. The number of rotatable bonds is 1. The summed E-state index contributed by atoms with van der Waals surface area (Å²) in [6.07, 6.45) is 0.872. The van der Waals surface area contributed by atoms with E-state index in [0.29, 0.717) is 0 Å². The molecule has 0 saturated carbocycles. The lowest BCUT2D eigenvalue weighted by molar-refractivity contribution is 0.203. The third kappa shape index (κ3) is 3.25. The predicted molar refractivity (Wildman–Crippen MR) is 118 cm³/mol. The molecule has 1 saturated heterocycles. The molecule has 4 nitrogen and oxygen atoms in total. The van der Waals surface area contributed by atoms with Crippen LogP contribution in [0.3, 0.4) is 0 Å². The van der Waals surface area contributed by atoms with Crippen LogP contribution in [0.5, 0.6) is 0 Å². The van der Waals surface area contributed by atoms with Gasteiger partial charge in [0.1, 0.15) is 0 Å². The van der Waals surface area contributed by atoms with Crippen LogP contribution in [0.1, 0.15) is 16.7 Å². The highest BCUT2D eigenvalue weighted by Gasteiger charge is 2.32. The highest BCUT2D eigenvalue weighted by atomic mass is 16.2. The number of aryl methyl sites for hydroxylation is 1. The Hall–Kier alpha value is -3.27. The molecule has 1 fully saturated rings. The van der Waals surface area contributed by atoms with E-state index in [1.54, 1.807) is 0 Å². The Morgan fingerprint density at radius 1 is 0.724 bits per heavy atom. The molecule has 3 aromatic rings. The topological polar surface area (TPSA) is 26.8 Å². The minimum Gasteiger partial charge on any atom is -0.368 e. The quantitative estimate of drug-likeness (QED) is 0.593. The Labute approximate surface area is 172 Å². The van der Waals surface area contributed by atoms with E-state index in [9.17, 15) is 4.79 Å². The van der Waals surface area contributed by atoms with E-state index < -0.39 is 0 Å². The van der Waals surface area contributed by atoms with Crippen LogP contribution in [0.15, 0.2) is 72.8 Å². The van der Waals surface area contributed by atoms with Gasteiger partial charge in [-0.25, -0.2) is 4.79 Å². The Balaban J connectivity index is 1.38. The first-order valence-electron chi connectivity index (χ1n) is 10.3. The zero-order valence-corrected chi connectivity index (χ0v) is 16.7. The van der Waals surface area contributed by atoms with Crippen molar-refractivity contribution in [3.63, 3.8) is 0 Å². The van der Waals surface area contributed by atoms with Crippen LogP contribution in [-0.4, -0.2) is 37.1 Å². The predicted octanol–water partition coefficient (Wildman–Crippen LogP) is 4.98. The van der Waals surface area contributed by atoms with Gasteiger partial charge in [0, 0.05) is 38.3 Å². The number of amides is 2. The van der Waals surface area contributed by atoms with Gasteiger partial charge in [0.2, 0.25) is 0 Å². The minimum atomic E-state index is 0.0770. The summed E-state index contributed by atoms with van der Waals surface area (Å²) >= 11 is 0. The van der Waals surface area contributed by atoms with Gasteiger partial charge in [-0.3, -0.25) is 4.90 Å². The molecule has 0 atom stereocenters. The number of para-hydroxylation sites is 2. The third-order valence-corrected chi connectivity index (χ3v) is 5.99. The number of fused-ring (bicyclic) bond motifs is 2. The standard InChI is InChI=1S/C25H25N3O/c1-19-10-12-22(13-11-19)26-14-16-27(17-15-26)25(29)28-23-8-4-2-6-20(23)18-21-7-3-5-9-24(21)28/h2-13H,14-18H2,1H3. The molecule has 0 radical (unpaired) electrons. The SMILES string of the molecule is Cc1ccc(N2CCN(C(=O)N3c4ccccc4Cc4ccccc43)CC2)cc1. The van der Waals surface area contributed by atoms with E-state index in [1.807, 2.05) is 21.9 Å². The fraction of sp³-hybridized carbons (Fsp3) is 0.240. The normalized spacial score (nSPS) is 15.7. The lowest BCUT2D eigenvalue weighted by Crippen LogP contribution is -2.52. The van der Waals surface area contributed by atoms with E-state index >= 15 is 0 Å². The Morgan fingerprint density at radius 2 is 1.28 bits per heavy atom. The summed E-state index contributed by atoms with van der Waals surface area (Å²) < 4.78 is 0. The summed E-state index contributed by atoms with van der Waals surface area (Å²) in [7, 11) is 0. The number of nitrogens with zero attached hydrogens (tertiary/aromatic N) is 3. The zero-order valence-electron chi connectivity index (χ0n) is 16.7. The average Bonchev–Trinajstić information content (AvgIpc) is 2.77. The average molecular weight is 383 g/mol. The van der Waals surface area contributed by atoms with Crippen molar-refractivity contribution in [2.75, 3.05) is 36.0 Å². The van der Waals surface area contributed by atoms with Crippen LogP contribution in [0, 0.1) is 6.92 Å². The molecule has 0 unspecified atom stereocenters. The highest BCUT2D eigenvalue weighted by Crippen LogP contribution is 2.39. The first-order chi connectivity index (χ1) is 14.2. The second kappa shape index (κ2) is 7.28. The number of piperazine rings is 1. The highest BCUT2D eigenvalue weighted by molar-refractivity contribution is 6.02. The van der Waals surface area contributed by atoms with Gasteiger partial charge in [-0.1, -0.05) is 54.1 Å². The lowest BCUT2D eigenvalue weighted by atomic mass is 9.96. The fourth-order valence-electron chi connectivity index (χ4n) is 4.35. The number of urea groups is 1. The molecule has 0 aromatic heterocycles. The third-order valence-electron chi connectivity index (χ3n) is 5.99. The molecular weight excluding hydrogens is 358 g/mol. The van der Waals surface area contributed by atoms with Crippen molar-refractivity contribution in [1.29, 1.82) is 0 Å². The molecule has 0 N–H and O–H groups in total. The van der Waals surface area contributed by atoms with Gasteiger partial charge in [-0.15, -0.1) is 0 Å². The van der Waals surface area contributed by atoms with Crippen LogP contribution < -0.4 is 9.80 Å². The second-order valence-electron chi connectivity index (χ2n) is 7.86. The number of hydrogen-bond donors (Lipinski definition) is 0. The summed E-state index contributed by atoms with van der Waals surface area (Å²) in [6, 6.07) is 25.2. The maximum Gasteiger partial charge on any atom is 0.329 e. The molecule has 0 bridgehead atoms. The van der Waals surface area contributed by atoms with Gasteiger partial charge in [0.05, 0.1) is 11.4 Å². The number of carbonyl (C=O) groups is 1. The molecule has 5 rings (SSSR count). The van der Waals surface area contributed by atoms with Crippen molar-refractivity contribution < 1.29 is 4.79 Å². The van der Waals surface area contributed by atoms with Gasteiger partial charge in [0.25, 0.3) is 0 Å². The van der Waals surface area contributed by atoms with Crippen molar-refractivity contribution in [2.45, 2.75) is 13.3 Å². The summed E-state index contributed by atoms with van der Waals surface area (Å²) in [5, 5.41) is 0. The van der Waals surface area contributed by atoms with Crippen LogP contribution in [-0.2, 0) is 6.42 Å². The lowest BCUT2D eigenvalue weighted by Gasteiger charge is -2.40. The van der Waals surface area contributed by atoms with Gasteiger partial charge in [-0.05, 0) is 42.3 Å². The fourth-order valence-corrected chi connectivity index (χ4v) is 4.35. The molecule has 3 aromatic carbocycles. The van der Waals surface area contributed by atoms with Gasteiger partial charge >= 0.3 is 6.03 Å². The second-order valence-corrected chi connectivity index (χ2v) is 7.86. The molecule has 2 amide bonds. The molecule has 0 spiro atoms. The number of anilines is 3.